The van der Waals surface area contributed by atoms with Gasteiger partial charge in [0, 0.05) is 6.54 Å². The molecule has 0 radical (unpaired) electrons. The Bertz CT molecular complexity index is 724. The summed E-state index contributed by atoms with van der Waals surface area (Å²) < 4.78 is 19.7. The van der Waals surface area contributed by atoms with E-state index in [1.807, 2.05) is 37.3 Å². The highest BCUT2D eigenvalue weighted by Gasteiger charge is 2.11. The highest BCUT2D eigenvalue weighted by Crippen LogP contribution is 2.31. The zero-order chi connectivity index (χ0) is 14.7. The molecular formula is C16H15FN2OS. The van der Waals surface area contributed by atoms with Crippen molar-refractivity contribution in [1.29, 1.82) is 0 Å². The summed E-state index contributed by atoms with van der Waals surface area (Å²) >= 11 is 1.20. The van der Waals surface area contributed by atoms with Crippen molar-refractivity contribution < 1.29 is 8.81 Å². The number of hydrogen-bond acceptors (Lipinski definition) is 4. The molecule has 1 N–H and O–H groups in total. The molecule has 0 amide bonds. The number of halogens is 1. The molecule has 5 heteroatoms. The minimum atomic E-state index is -0.252. The van der Waals surface area contributed by atoms with Crippen LogP contribution in [-0.2, 0) is 6.54 Å². The van der Waals surface area contributed by atoms with Crippen LogP contribution in [0.25, 0.3) is 11.1 Å². The van der Waals surface area contributed by atoms with Gasteiger partial charge in [0.15, 0.2) is 5.58 Å². The fraction of sp³-hybridized carbons (Fsp3) is 0.188. The lowest BCUT2D eigenvalue weighted by Crippen LogP contribution is -2.11. The van der Waals surface area contributed by atoms with E-state index in [1.54, 1.807) is 12.1 Å². The third-order valence-corrected chi connectivity index (χ3v) is 3.95. The average Bonchev–Trinajstić information content (AvgIpc) is 2.90. The van der Waals surface area contributed by atoms with Crippen LogP contribution in [0.4, 0.5) is 4.39 Å². The van der Waals surface area contributed by atoms with E-state index in [4.69, 9.17) is 4.42 Å². The smallest absolute Gasteiger partial charge is 0.261 e. The van der Waals surface area contributed by atoms with Gasteiger partial charge in [0.25, 0.3) is 5.22 Å². The lowest BCUT2D eigenvalue weighted by molar-refractivity contribution is 0.488. The molecule has 2 aromatic carbocycles. The number of aromatic nitrogens is 1. The second-order valence-electron chi connectivity index (χ2n) is 4.59. The minimum Gasteiger partial charge on any atom is -0.431 e. The zero-order valence-electron chi connectivity index (χ0n) is 11.6. The molecule has 3 nitrogen and oxygen atoms in total. The Hall–Kier alpha value is -1.85. The number of para-hydroxylation sites is 2. The molecule has 0 aliphatic rings. The van der Waals surface area contributed by atoms with Crippen molar-refractivity contribution in [3.63, 3.8) is 0 Å². The number of rotatable bonds is 5. The van der Waals surface area contributed by atoms with E-state index in [0.717, 1.165) is 17.6 Å². The van der Waals surface area contributed by atoms with E-state index in [-0.39, 0.29) is 5.82 Å². The minimum absolute atomic E-state index is 0.252. The first-order valence-electron chi connectivity index (χ1n) is 6.79. The summed E-state index contributed by atoms with van der Waals surface area (Å²) in [7, 11) is 0. The Labute approximate surface area is 126 Å². The maximum Gasteiger partial charge on any atom is 0.261 e. The van der Waals surface area contributed by atoms with Crippen LogP contribution in [0.2, 0.25) is 0 Å². The van der Waals surface area contributed by atoms with Gasteiger partial charge in [-0.3, -0.25) is 0 Å². The van der Waals surface area contributed by atoms with Crippen LogP contribution in [0.3, 0.4) is 0 Å². The van der Waals surface area contributed by atoms with Gasteiger partial charge in [-0.25, -0.2) is 9.37 Å². The Balaban J connectivity index is 1.80. The Morgan fingerprint density at radius 3 is 2.86 bits per heavy atom. The Morgan fingerprint density at radius 2 is 2.10 bits per heavy atom. The third-order valence-electron chi connectivity index (χ3n) is 3.05. The van der Waals surface area contributed by atoms with Crippen molar-refractivity contribution in [3.8, 4) is 0 Å². The summed E-state index contributed by atoms with van der Waals surface area (Å²) in [6, 6.07) is 12.7. The summed E-state index contributed by atoms with van der Waals surface area (Å²) in [5.41, 5.74) is 2.42. The molecule has 0 saturated heterocycles. The maximum atomic E-state index is 14.1. The van der Waals surface area contributed by atoms with Crippen molar-refractivity contribution in [2.75, 3.05) is 6.54 Å². The molecule has 0 saturated carbocycles. The standard InChI is InChI=1S/C16H15FN2OS/c1-2-18-10-11-7-8-15(12(17)9-11)21-16-19-13-5-3-4-6-14(13)20-16/h3-9,18H,2,10H2,1H3. The first-order valence-corrected chi connectivity index (χ1v) is 7.60. The summed E-state index contributed by atoms with van der Waals surface area (Å²) in [4.78, 5) is 4.85. The highest BCUT2D eigenvalue weighted by atomic mass is 32.2. The molecule has 21 heavy (non-hydrogen) atoms. The molecule has 1 heterocycles. The fourth-order valence-electron chi connectivity index (χ4n) is 2.00. The summed E-state index contributed by atoms with van der Waals surface area (Å²) in [6.45, 7) is 3.55. The van der Waals surface area contributed by atoms with Gasteiger partial charge in [-0.05, 0) is 48.1 Å². The largest absolute Gasteiger partial charge is 0.431 e. The van der Waals surface area contributed by atoms with E-state index < -0.39 is 0 Å². The third kappa shape index (κ3) is 3.25. The maximum absolute atomic E-state index is 14.1. The van der Waals surface area contributed by atoms with Gasteiger partial charge in [-0.15, -0.1) is 0 Å². The summed E-state index contributed by atoms with van der Waals surface area (Å²) in [5, 5.41) is 3.63. The number of nitrogens with zero attached hydrogens (tertiary/aromatic N) is 1. The number of fused-ring (bicyclic) bond motifs is 1. The van der Waals surface area contributed by atoms with Crippen LogP contribution >= 0.6 is 11.8 Å². The second-order valence-corrected chi connectivity index (χ2v) is 5.59. The van der Waals surface area contributed by atoms with Gasteiger partial charge < -0.3 is 9.73 Å². The first kappa shape index (κ1) is 14.1. The van der Waals surface area contributed by atoms with Crippen molar-refractivity contribution >= 4 is 22.9 Å². The van der Waals surface area contributed by atoms with Gasteiger partial charge in [-0.1, -0.05) is 25.1 Å². The normalized spacial score (nSPS) is 11.1. The van der Waals surface area contributed by atoms with E-state index in [0.29, 0.717) is 22.2 Å². The summed E-state index contributed by atoms with van der Waals surface area (Å²) in [5.74, 6) is -0.252. The van der Waals surface area contributed by atoms with Gasteiger partial charge >= 0.3 is 0 Å². The molecule has 0 spiro atoms. The number of hydrogen-bond donors (Lipinski definition) is 1. The second kappa shape index (κ2) is 6.28. The van der Waals surface area contributed by atoms with Crippen LogP contribution in [0.5, 0.6) is 0 Å². The zero-order valence-corrected chi connectivity index (χ0v) is 12.4. The molecule has 0 bridgehead atoms. The first-order chi connectivity index (χ1) is 10.3. The molecule has 0 aliphatic heterocycles. The van der Waals surface area contributed by atoms with E-state index >= 15 is 0 Å². The van der Waals surface area contributed by atoms with Crippen molar-refractivity contribution in [2.24, 2.45) is 0 Å². The van der Waals surface area contributed by atoms with Crippen LogP contribution in [0, 0.1) is 5.82 Å². The number of oxazole rings is 1. The molecule has 0 aliphatic carbocycles. The average molecular weight is 302 g/mol. The highest BCUT2D eigenvalue weighted by molar-refractivity contribution is 7.99. The van der Waals surface area contributed by atoms with Crippen LogP contribution < -0.4 is 5.32 Å². The van der Waals surface area contributed by atoms with Gasteiger partial charge in [0.1, 0.15) is 11.3 Å². The quantitative estimate of drug-likeness (QED) is 0.765. The molecule has 0 fully saturated rings. The van der Waals surface area contributed by atoms with E-state index in [1.165, 1.54) is 11.8 Å². The fourth-order valence-corrected chi connectivity index (χ4v) is 2.75. The SMILES string of the molecule is CCNCc1ccc(Sc2nc3ccccc3o2)c(F)c1. The van der Waals surface area contributed by atoms with Crippen molar-refractivity contribution in [1.82, 2.24) is 10.3 Å². The predicted molar refractivity (Wildman–Crippen MR) is 81.9 cm³/mol. The molecule has 0 atom stereocenters. The molecule has 108 valence electrons. The van der Waals surface area contributed by atoms with Gasteiger partial charge in [0.05, 0.1) is 4.90 Å². The molecular weight excluding hydrogens is 287 g/mol. The number of benzene rings is 2. The summed E-state index contributed by atoms with van der Waals surface area (Å²) in [6.07, 6.45) is 0. The van der Waals surface area contributed by atoms with Crippen LogP contribution in [-0.4, -0.2) is 11.5 Å². The molecule has 1 aromatic heterocycles. The molecule has 0 unspecified atom stereocenters. The Kier molecular flexibility index (Phi) is 4.22. The topological polar surface area (TPSA) is 38.1 Å². The molecule has 3 aromatic rings. The Morgan fingerprint density at radius 1 is 1.24 bits per heavy atom. The van der Waals surface area contributed by atoms with E-state index in [2.05, 4.69) is 10.3 Å². The molecule has 3 rings (SSSR count). The van der Waals surface area contributed by atoms with E-state index in [9.17, 15) is 4.39 Å². The van der Waals surface area contributed by atoms with Crippen molar-refractivity contribution in [2.45, 2.75) is 23.6 Å². The van der Waals surface area contributed by atoms with Gasteiger partial charge in [0.2, 0.25) is 0 Å². The van der Waals surface area contributed by atoms with Crippen LogP contribution in [0.1, 0.15) is 12.5 Å². The lowest BCUT2D eigenvalue weighted by Gasteiger charge is -2.04. The van der Waals surface area contributed by atoms with Gasteiger partial charge in [-0.2, -0.15) is 0 Å². The van der Waals surface area contributed by atoms with Crippen LogP contribution in [0.15, 0.2) is 57.0 Å². The monoisotopic (exact) mass is 302 g/mol. The van der Waals surface area contributed by atoms with Crippen molar-refractivity contribution in [3.05, 3.63) is 53.8 Å². The number of nitrogens with one attached hydrogen (secondary N) is 1. The predicted octanol–water partition coefficient (Wildman–Crippen LogP) is 4.23. The lowest BCUT2D eigenvalue weighted by atomic mass is 10.2.